The first-order chi connectivity index (χ1) is 10.5. The van der Waals surface area contributed by atoms with E-state index in [9.17, 15) is 5.11 Å². The quantitative estimate of drug-likeness (QED) is 0.667. The summed E-state index contributed by atoms with van der Waals surface area (Å²) in [6, 6.07) is 0. The van der Waals surface area contributed by atoms with Crippen molar-refractivity contribution in [3.05, 3.63) is 23.8 Å². The van der Waals surface area contributed by atoms with E-state index in [-0.39, 0.29) is 6.10 Å². The Hall–Kier alpha value is -0.560. The van der Waals surface area contributed by atoms with Crippen molar-refractivity contribution in [1.82, 2.24) is 0 Å². The highest BCUT2D eigenvalue weighted by molar-refractivity contribution is 5.21. The second-order valence-corrected chi connectivity index (χ2v) is 9.01. The minimum absolute atomic E-state index is 0.0628. The van der Waals surface area contributed by atoms with Gasteiger partial charge in [-0.3, -0.25) is 0 Å². The van der Waals surface area contributed by atoms with Gasteiger partial charge in [-0.1, -0.05) is 30.7 Å². The second-order valence-electron chi connectivity index (χ2n) is 9.01. The fourth-order valence-corrected chi connectivity index (χ4v) is 7.06. The number of aliphatic hydroxyl groups excluding tert-OH is 1. The molecule has 0 amide bonds. The molecule has 1 heteroatoms. The molecule has 0 bridgehead atoms. The molecule has 0 aromatic carbocycles. The van der Waals surface area contributed by atoms with E-state index in [1.807, 2.05) is 0 Å². The van der Waals surface area contributed by atoms with E-state index in [0.717, 1.165) is 42.4 Å². The first-order valence-corrected chi connectivity index (χ1v) is 9.53. The number of rotatable bonds is 1. The van der Waals surface area contributed by atoms with Gasteiger partial charge in [0.15, 0.2) is 0 Å². The van der Waals surface area contributed by atoms with E-state index in [0.29, 0.717) is 5.41 Å². The average molecular weight is 300 g/mol. The van der Waals surface area contributed by atoms with Crippen LogP contribution in [0.15, 0.2) is 23.8 Å². The topological polar surface area (TPSA) is 20.2 Å². The minimum atomic E-state index is -0.0628. The van der Waals surface area contributed by atoms with E-state index in [1.165, 1.54) is 44.1 Å². The molecule has 0 heterocycles. The van der Waals surface area contributed by atoms with Crippen molar-refractivity contribution < 1.29 is 5.11 Å². The van der Waals surface area contributed by atoms with E-state index >= 15 is 0 Å². The zero-order valence-corrected chi connectivity index (χ0v) is 14.4. The third-order valence-electron chi connectivity index (χ3n) is 8.01. The van der Waals surface area contributed by atoms with Gasteiger partial charge in [0, 0.05) is 0 Å². The molecule has 22 heavy (non-hydrogen) atoms. The molecule has 4 aliphatic carbocycles. The Labute approximate surface area is 135 Å². The van der Waals surface area contributed by atoms with Crippen LogP contribution < -0.4 is 0 Å². The molecule has 0 aromatic rings. The van der Waals surface area contributed by atoms with E-state index in [1.54, 1.807) is 5.57 Å². The van der Waals surface area contributed by atoms with Crippen LogP contribution >= 0.6 is 0 Å². The Morgan fingerprint density at radius 3 is 2.77 bits per heavy atom. The molecule has 3 fully saturated rings. The fourth-order valence-electron chi connectivity index (χ4n) is 7.06. The number of fused-ring (bicyclic) bond motifs is 5. The lowest BCUT2D eigenvalue weighted by Gasteiger charge is -2.54. The maximum Gasteiger partial charge on any atom is 0.0577 e. The SMILES string of the molecule is C=C(C)C1CCC2C3CC=C4CC(O)CCC4C3CCC12C. The summed E-state index contributed by atoms with van der Waals surface area (Å²) in [4.78, 5) is 0. The first-order valence-electron chi connectivity index (χ1n) is 9.53. The third kappa shape index (κ3) is 2.08. The first kappa shape index (κ1) is 15.0. The van der Waals surface area contributed by atoms with Gasteiger partial charge < -0.3 is 5.11 Å². The lowest BCUT2D eigenvalue weighted by molar-refractivity contribution is -0.0120. The van der Waals surface area contributed by atoms with Gasteiger partial charge in [-0.15, -0.1) is 0 Å². The maximum atomic E-state index is 9.98. The molecule has 0 radical (unpaired) electrons. The molecular formula is C21H32O. The summed E-state index contributed by atoms with van der Waals surface area (Å²) in [6.45, 7) is 9.14. The number of aliphatic hydroxyl groups is 1. The van der Waals surface area contributed by atoms with Crippen LogP contribution in [0.5, 0.6) is 0 Å². The molecular weight excluding hydrogens is 268 g/mol. The second kappa shape index (κ2) is 5.23. The standard InChI is InChI=1S/C21H32O/c1-13(2)19-8-9-20-18-6-4-14-12-15(22)5-7-16(14)17(18)10-11-21(19,20)3/h4,15-20,22H,1,5-12H2,2-3H3. The van der Waals surface area contributed by atoms with Crippen molar-refractivity contribution in [2.24, 2.45) is 35.0 Å². The zero-order chi connectivity index (χ0) is 15.5. The number of allylic oxidation sites excluding steroid dienone is 2. The Morgan fingerprint density at radius 2 is 2.00 bits per heavy atom. The van der Waals surface area contributed by atoms with Crippen molar-refractivity contribution in [2.45, 2.75) is 71.3 Å². The molecule has 1 N–H and O–H groups in total. The predicted molar refractivity (Wildman–Crippen MR) is 91.4 cm³/mol. The van der Waals surface area contributed by atoms with E-state index in [2.05, 4.69) is 26.5 Å². The van der Waals surface area contributed by atoms with Gasteiger partial charge in [0.2, 0.25) is 0 Å². The maximum absolute atomic E-state index is 9.98. The minimum Gasteiger partial charge on any atom is -0.393 e. The molecule has 7 unspecified atom stereocenters. The van der Waals surface area contributed by atoms with Crippen LogP contribution in [0, 0.1) is 35.0 Å². The number of hydrogen-bond donors (Lipinski definition) is 1. The summed E-state index contributed by atoms with van der Waals surface area (Å²) in [5.74, 6) is 4.30. The van der Waals surface area contributed by atoms with Gasteiger partial charge >= 0.3 is 0 Å². The zero-order valence-electron chi connectivity index (χ0n) is 14.4. The molecule has 0 aromatic heterocycles. The fraction of sp³-hybridized carbons (Fsp3) is 0.810. The Bertz CT molecular complexity index is 504. The van der Waals surface area contributed by atoms with Gasteiger partial charge in [-0.05, 0) is 93.3 Å². The summed E-state index contributed by atoms with van der Waals surface area (Å²) in [6.07, 6.45) is 12.6. The highest BCUT2D eigenvalue weighted by Gasteiger charge is 2.55. The predicted octanol–water partition coefficient (Wildman–Crippen LogP) is 5.11. The molecule has 1 nitrogen and oxygen atoms in total. The van der Waals surface area contributed by atoms with Crippen molar-refractivity contribution in [1.29, 1.82) is 0 Å². The smallest absolute Gasteiger partial charge is 0.0577 e. The summed E-state index contributed by atoms with van der Waals surface area (Å²) in [5, 5.41) is 9.98. The molecule has 4 rings (SSSR count). The van der Waals surface area contributed by atoms with Crippen molar-refractivity contribution >= 4 is 0 Å². The summed E-state index contributed by atoms with van der Waals surface area (Å²) in [7, 11) is 0. The van der Waals surface area contributed by atoms with Crippen LogP contribution in [0.4, 0.5) is 0 Å². The third-order valence-corrected chi connectivity index (χ3v) is 8.01. The molecule has 3 saturated carbocycles. The van der Waals surface area contributed by atoms with Gasteiger partial charge in [-0.2, -0.15) is 0 Å². The van der Waals surface area contributed by atoms with Crippen LogP contribution in [-0.4, -0.2) is 11.2 Å². The van der Waals surface area contributed by atoms with Crippen molar-refractivity contribution in [2.75, 3.05) is 0 Å². The highest BCUT2D eigenvalue weighted by Crippen LogP contribution is 2.64. The normalized spacial score (nSPS) is 50.6. The van der Waals surface area contributed by atoms with E-state index < -0.39 is 0 Å². The Kier molecular flexibility index (Phi) is 3.56. The lowest BCUT2D eigenvalue weighted by Crippen LogP contribution is -2.46. The summed E-state index contributed by atoms with van der Waals surface area (Å²) >= 11 is 0. The number of hydrogen-bond acceptors (Lipinski definition) is 1. The average Bonchev–Trinajstić information content (AvgIpc) is 2.84. The van der Waals surface area contributed by atoms with Crippen LogP contribution in [0.25, 0.3) is 0 Å². The lowest BCUT2D eigenvalue weighted by atomic mass is 9.51. The largest absolute Gasteiger partial charge is 0.393 e. The summed E-state index contributed by atoms with van der Waals surface area (Å²) in [5.41, 5.74) is 3.56. The van der Waals surface area contributed by atoms with Gasteiger partial charge in [0.25, 0.3) is 0 Å². The van der Waals surface area contributed by atoms with E-state index in [4.69, 9.17) is 0 Å². The molecule has 4 aliphatic rings. The summed E-state index contributed by atoms with van der Waals surface area (Å²) < 4.78 is 0. The molecule has 0 saturated heterocycles. The Balaban J connectivity index is 1.61. The molecule has 0 spiro atoms. The van der Waals surface area contributed by atoms with Crippen molar-refractivity contribution in [3.63, 3.8) is 0 Å². The Morgan fingerprint density at radius 1 is 1.18 bits per heavy atom. The van der Waals surface area contributed by atoms with Crippen LogP contribution in [0.1, 0.15) is 65.2 Å². The van der Waals surface area contributed by atoms with Crippen molar-refractivity contribution in [3.8, 4) is 0 Å². The monoisotopic (exact) mass is 300 g/mol. The van der Waals surface area contributed by atoms with Gasteiger partial charge in [0.05, 0.1) is 6.10 Å². The van der Waals surface area contributed by atoms with Gasteiger partial charge in [0.1, 0.15) is 0 Å². The van der Waals surface area contributed by atoms with Crippen LogP contribution in [0.3, 0.4) is 0 Å². The van der Waals surface area contributed by atoms with Gasteiger partial charge in [-0.25, -0.2) is 0 Å². The highest BCUT2D eigenvalue weighted by atomic mass is 16.3. The molecule has 7 atom stereocenters. The molecule has 0 aliphatic heterocycles. The van der Waals surface area contributed by atoms with Crippen LogP contribution in [0.2, 0.25) is 0 Å². The molecule has 122 valence electrons. The van der Waals surface area contributed by atoms with Crippen LogP contribution in [-0.2, 0) is 0 Å².